The molecule has 156 valence electrons. The van der Waals surface area contributed by atoms with Crippen molar-refractivity contribution in [3.63, 3.8) is 0 Å². The monoisotopic (exact) mass is 408 g/mol. The quantitative estimate of drug-likeness (QED) is 0.451. The molecule has 3 N–H and O–H groups in total. The molecule has 0 radical (unpaired) electrons. The highest BCUT2D eigenvalue weighted by Crippen LogP contribution is 2.32. The van der Waals surface area contributed by atoms with Gasteiger partial charge in [-0.15, -0.1) is 0 Å². The molecule has 0 spiro atoms. The van der Waals surface area contributed by atoms with Gasteiger partial charge in [-0.05, 0) is 62.4 Å². The van der Waals surface area contributed by atoms with Crippen molar-refractivity contribution >= 4 is 28.9 Å². The van der Waals surface area contributed by atoms with Crippen molar-refractivity contribution in [2.75, 3.05) is 10.6 Å². The number of carbonyl (C=O) groups is 2. The first kappa shape index (κ1) is 19.9. The molecule has 2 aliphatic rings. The lowest BCUT2D eigenvalue weighted by Gasteiger charge is -2.15. The van der Waals surface area contributed by atoms with Crippen molar-refractivity contribution in [2.45, 2.75) is 44.7 Å². The molecule has 0 heterocycles. The van der Waals surface area contributed by atoms with Gasteiger partial charge in [0.25, 0.3) is 11.6 Å². The third-order valence-electron chi connectivity index (χ3n) is 5.37. The number of hydrogen-bond donors (Lipinski definition) is 3. The molecule has 2 fully saturated rings. The molecule has 2 aromatic rings. The van der Waals surface area contributed by atoms with Crippen LogP contribution in [0.1, 0.15) is 54.6 Å². The van der Waals surface area contributed by atoms with Crippen LogP contribution in [0.25, 0.3) is 0 Å². The molecule has 8 heteroatoms. The van der Waals surface area contributed by atoms with Crippen molar-refractivity contribution in [1.82, 2.24) is 5.32 Å². The van der Waals surface area contributed by atoms with E-state index < -0.39 is 4.92 Å². The minimum Gasteiger partial charge on any atom is -0.377 e. The van der Waals surface area contributed by atoms with Gasteiger partial charge in [-0.25, -0.2) is 0 Å². The molecule has 1 atom stereocenters. The first-order chi connectivity index (χ1) is 14.4. The molecule has 0 saturated heterocycles. The summed E-state index contributed by atoms with van der Waals surface area (Å²) in [6, 6.07) is 11.8. The second-order valence-electron chi connectivity index (χ2n) is 7.99. The lowest BCUT2D eigenvalue weighted by atomic mass is 10.1. The number of nitro benzene ring substituents is 1. The molecule has 2 amide bonds. The summed E-state index contributed by atoms with van der Waals surface area (Å²) in [5.41, 5.74) is 2.18. The van der Waals surface area contributed by atoms with Gasteiger partial charge in [-0.1, -0.05) is 12.1 Å². The van der Waals surface area contributed by atoms with E-state index in [-0.39, 0.29) is 41.1 Å². The maximum atomic E-state index is 12.6. The lowest BCUT2D eigenvalue weighted by molar-refractivity contribution is -0.384. The third kappa shape index (κ3) is 4.76. The molecule has 0 aromatic heterocycles. The Labute approximate surface area is 174 Å². The second kappa shape index (κ2) is 8.14. The first-order valence-corrected chi connectivity index (χ1v) is 10.2. The van der Waals surface area contributed by atoms with Gasteiger partial charge in [0.1, 0.15) is 5.69 Å². The Morgan fingerprint density at radius 2 is 1.77 bits per heavy atom. The van der Waals surface area contributed by atoms with E-state index in [1.807, 2.05) is 19.1 Å². The molecule has 0 bridgehead atoms. The summed E-state index contributed by atoms with van der Waals surface area (Å²) < 4.78 is 0. The van der Waals surface area contributed by atoms with E-state index in [0.29, 0.717) is 5.69 Å². The minimum absolute atomic E-state index is 0.0466. The van der Waals surface area contributed by atoms with E-state index in [4.69, 9.17) is 0 Å². The molecule has 30 heavy (non-hydrogen) atoms. The van der Waals surface area contributed by atoms with Gasteiger partial charge in [0, 0.05) is 29.3 Å². The van der Waals surface area contributed by atoms with Gasteiger partial charge in [-0.2, -0.15) is 0 Å². The number of benzene rings is 2. The number of nitrogens with zero attached hydrogens (tertiary/aromatic N) is 1. The maximum absolute atomic E-state index is 12.6. The van der Waals surface area contributed by atoms with E-state index in [9.17, 15) is 19.7 Å². The summed E-state index contributed by atoms with van der Waals surface area (Å²) in [7, 11) is 0. The van der Waals surface area contributed by atoms with E-state index in [0.717, 1.165) is 36.9 Å². The van der Waals surface area contributed by atoms with Crippen LogP contribution < -0.4 is 16.0 Å². The molecule has 2 aromatic carbocycles. The van der Waals surface area contributed by atoms with Gasteiger partial charge in [0.2, 0.25) is 5.91 Å². The van der Waals surface area contributed by atoms with Crippen LogP contribution in [0, 0.1) is 16.0 Å². The van der Waals surface area contributed by atoms with Crippen molar-refractivity contribution in [1.29, 1.82) is 0 Å². The van der Waals surface area contributed by atoms with Crippen molar-refractivity contribution in [3.05, 3.63) is 63.7 Å². The van der Waals surface area contributed by atoms with Crippen molar-refractivity contribution in [3.8, 4) is 0 Å². The maximum Gasteiger partial charge on any atom is 0.293 e. The zero-order valence-corrected chi connectivity index (χ0v) is 16.7. The van der Waals surface area contributed by atoms with Crippen molar-refractivity contribution in [2.24, 2.45) is 5.92 Å². The SMILES string of the molecule is CC(NC(=O)c1ccc(NC2CC2)c([N+](=O)[O-])c1)c1ccc(NC(=O)C2CC2)cc1. The number of nitro groups is 1. The average molecular weight is 408 g/mol. The largest absolute Gasteiger partial charge is 0.377 e. The highest BCUT2D eigenvalue weighted by molar-refractivity contribution is 5.96. The van der Waals surface area contributed by atoms with Crippen LogP contribution >= 0.6 is 0 Å². The number of anilines is 2. The molecule has 4 rings (SSSR count). The number of carbonyl (C=O) groups excluding carboxylic acids is 2. The Hall–Kier alpha value is -3.42. The van der Waals surface area contributed by atoms with Gasteiger partial charge >= 0.3 is 0 Å². The Morgan fingerprint density at radius 1 is 1.07 bits per heavy atom. The van der Waals surface area contributed by atoms with Crippen LogP contribution in [-0.2, 0) is 4.79 Å². The highest BCUT2D eigenvalue weighted by atomic mass is 16.6. The van der Waals surface area contributed by atoms with E-state index >= 15 is 0 Å². The fraction of sp³-hybridized carbons (Fsp3) is 0.364. The zero-order valence-electron chi connectivity index (χ0n) is 16.7. The predicted molar refractivity (Wildman–Crippen MR) is 113 cm³/mol. The van der Waals surface area contributed by atoms with Gasteiger partial charge in [0.15, 0.2) is 0 Å². The predicted octanol–water partition coefficient (Wildman–Crippen LogP) is 4.01. The van der Waals surface area contributed by atoms with E-state index in [1.165, 1.54) is 6.07 Å². The Morgan fingerprint density at radius 3 is 2.37 bits per heavy atom. The first-order valence-electron chi connectivity index (χ1n) is 10.2. The van der Waals surface area contributed by atoms with Crippen molar-refractivity contribution < 1.29 is 14.5 Å². The topological polar surface area (TPSA) is 113 Å². The molecule has 1 unspecified atom stereocenters. The van der Waals surface area contributed by atoms with Crippen LogP contribution in [0.2, 0.25) is 0 Å². The summed E-state index contributed by atoms with van der Waals surface area (Å²) in [6.45, 7) is 1.84. The van der Waals surface area contributed by atoms with Crippen LogP contribution in [0.5, 0.6) is 0 Å². The lowest BCUT2D eigenvalue weighted by Crippen LogP contribution is -2.26. The average Bonchev–Trinajstić information content (AvgIpc) is 3.62. The van der Waals surface area contributed by atoms with Crippen LogP contribution in [0.15, 0.2) is 42.5 Å². The Bertz CT molecular complexity index is 981. The number of nitrogens with one attached hydrogen (secondary N) is 3. The van der Waals surface area contributed by atoms with Gasteiger partial charge in [-0.3, -0.25) is 19.7 Å². The number of rotatable bonds is 8. The summed E-state index contributed by atoms with van der Waals surface area (Å²) in [4.78, 5) is 35.4. The normalized spacial score (nSPS) is 16.4. The van der Waals surface area contributed by atoms with E-state index in [2.05, 4.69) is 16.0 Å². The number of amides is 2. The summed E-state index contributed by atoms with van der Waals surface area (Å²) >= 11 is 0. The molecule has 2 saturated carbocycles. The molecule has 2 aliphatic carbocycles. The zero-order chi connectivity index (χ0) is 21.3. The fourth-order valence-corrected chi connectivity index (χ4v) is 3.20. The fourth-order valence-electron chi connectivity index (χ4n) is 3.20. The van der Waals surface area contributed by atoms with Crippen LogP contribution in [0.4, 0.5) is 17.1 Å². The number of hydrogen-bond acceptors (Lipinski definition) is 5. The van der Waals surface area contributed by atoms with Crippen LogP contribution in [-0.4, -0.2) is 22.8 Å². The third-order valence-corrected chi connectivity index (χ3v) is 5.37. The van der Waals surface area contributed by atoms with E-state index in [1.54, 1.807) is 24.3 Å². The van der Waals surface area contributed by atoms with Gasteiger partial charge < -0.3 is 16.0 Å². The summed E-state index contributed by atoms with van der Waals surface area (Å²) in [5.74, 6) is -0.196. The van der Waals surface area contributed by atoms with Gasteiger partial charge in [0.05, 0.1) is 11.0 Å². The summed E-state index contributed by atoms with van der Waals surface area (Å²) in [6.07, 6.45) is 3.89. The molecule has 0 aliphatic heterocycles. The second-order valence-corrected chi connectivity index (χ2v) is 7.99. The molecule has 8 nitrogen and oxygen atoms in total. The molecular weight excluding hydrogens is 384 g/mol. The Kier molecular flexibility index (Phi) is 5.39. The standard InChI is InChI=1S/C22H24N4O4/c1-13(14-4-7-18(8-5-14)25-21(27)15-2-3-15)23-22(28)16-6-11-19(24-17-9-10-17)20(12-16)26(29)30/h4-8,11-13,15,17,24H,2-3,9-10H2,1H3,(H,23,28)(H,25,27). The van der Waals surface area contributed by atoms with Crippen LogP contribution in [0.3, 0.4) is 0 Å². The molecular formula is C22H24N4O4. The summed E-state index contributed by atoms with van der Waals surface area (Å²) in [5, 5.41) is 20.3. The smallest absolute Gasteiger partial charge is 0.293 e. The highest BCUT2D eigenvalue weighted by Gasteiger charge is 2.29. The Balaban J connectivity index is 1.40. The minimum atomic E-state index is -0.473.